The van der Waals surface area contributed by atoms with E-state index < -0.39 is 0 Å². The zero-order valence-electron chi connectivity index (χ0n) is 10.1. The summed E-state index contributed by atoms with van der Waals surface area (Å²) in [6.45, 7) is 4.31. The van der Waals surface area contributed by atoms with E-state index in [1.54, 1.807) is 0 Å². The van der Waals surface area contributed by atoms with Crippen molar-refractivity contribution < 1.29 is 0 Å². The molecule has 1 atom stereocenters. The van der Waals surface area contributed by atoms with Crippen LogP contribution in [0.5, 0.6) is 0 Å². The first-order valence-electron chi connectivity index (χ1n) is 5.97. The molecule has 0 saturated carbocycles. The standard InChI is InChI=1S/C15H16N2/c1-11-8-9-15-14(10-11)16-12(2)17(15)13-6-4-3-5-7-13/h3-10,12,16H,1-2H3. The average Bonchev–Trinajstić information content (AvgIpc) is 2.65. The van der Waals surface area contributed by atoms with Crippen LogP contribution in [0.2, 0.25) is 0 Å². The molecule has 0 aromatic heterocycles. The number of hydrogen-bond acceptors (Lipinski definition) is 2. The molecule has 2 nitrogen and oxygen atoms in total. The molecule has 1 N–H and O–H groups in total. The lowest BCUT2D eigenvalue weighted by Crippen LogP contribution is -2.28. The molecule has 0 fully saturated rings. The number of nitrogens with zero attached hydrogens (tertiary/aromatic N) is 1. The molecule has 17 heavy (non-hydrogen) atoms. The third-order valence-corrected chi connectivity index (χ3v) is 3.20. The number of hydrogen-bond donors (Lipinski definition) is 1. The molecule has 2 aromatic rings. The largest absolute Gasteiger partial charge is 0.363 e. The normalized spacial score (nSPS) is 17.8. The molecule has 1 heterocycles. The number of benzene rings is 2. The Balaban J connectivity index is 2.09. The molecule has 1 aliphatic heterocycles. The Kier molecular flexibility index (Phi) is 2.29. The summed E-state index contributed by atoms with van der Waals surface area (Å²) >= 11 is 0. The summed E-state index contributed by atoms with van der Waals surface area (Å²) in [6.07, 6.45) is 0.300. The van der Waals surface area contributed by atoms with E-state index in [2.05, 4.69) is 66.5 Å². The number of anilines is 3. The molecular formula is C15H16N2. The third-order valence-electron chi connectivity index (χ3n) is 3.20. The molecule has 1 unspecified atom stereocenters. The summed E-state index contributed by atoms with van der Waals surface area (Å²) in [4.78, 5) is 2.33. The number of nitrogens with one attached hydrogen (secondary N) is 1. The first-order chi connectivity index (χ1) is 8.25. The van der Waals surface area contributed by atoms with Crippen molar-refractivity contribution in [3.05, 3.63) is 54.1 Å². The topological polar surface area (TPSA) is 15.3 Å². The second kappa shape index (κ2) is 3.81. The Bertz CT molecular complexity index is 534. The Morgan fingerprint density at radius 1 is 1.06 bits per heavy atom. The lowest BCUT2D eigenvalue weighted by atomic mass is 10.2. The van der Waals surface area contributed by atoms with Crippen molar-refractivity contribution in [2.75, 3.05) is 10.2 Å². The van der Waals surface area contributed by atoms with Crippen molar-refractivity contribution in [1.82, 2.24) is 0 Å². The van der Waals surface area contributed by atoms with Crippen LogP contribution in [0.3, 0.4) is 0 Å². The van der Waals surface area contributed by atoms with Crippen LogP contribution in [-0.2, 0) is 0 Å². The minimum absolute atomic E-state index is 0.300. The molecule has 0 bridgehead atoms. The quantitative estimate of drug-likeness (QED) is 0.790. The minimum atomic E-state index is 0.300. The summed E-state index contributed by atoms with van der Waals surface area (Å²) in [5, 5.41) is 3.51. The Hall–Kier alpha value is -1.96. The van der Waals surface area contributed by atoms with Gasteiger partial charge in [-0.15, -0.1) is 0 Å². The highest BCUT2D eigenvalue weighted by Crippen LogP contribution is 2.39. The van der Waals surface area contributed by atoms with Crippen LogP contribution in [0.15, 0.2) is 48.5 Å². The first-order valence-corrected chi connectivity index (χ1v) is 5.97. The van der Waals surface area contributed by atoms with Crippen LogP contribution < -0.4 is 10.2 Å². The monoisotopic (exact) mass is 224 g/mol. The molecule has 0 saturated heterocycles. The Morgan fingerprint density at radius 3 is 2.59 bits per heavy atom. The van der Waals surface area contributed by atoms with E-state index in [9.17, 15) is 0 Å². The second-order valence-electron chi connectivity index (χ2n) is 4.55. The number of rotatable bonds is 1. The fourth-order valence-corrected chi connectivity index (χ4v) is 2.43. The fraction of sp³-hybridized carbons (Fsp3) is 0.200. The van der Waals surface area contributed by atoms with Crippen LogP contribution >= 0.6 is 0 Å². The summed E-state index contributed by atoms with van der Waals surface area (Å²) in [5.41, 5.74) is 5.00. The zero-order valence-corrected chi connectivity index (χ0v) is 10.1. The van der Waals surface area contributed by atoms with Crippen molar-refractivity contribution in [3.8, 4) is 0 Å². The maximum absolute atomic E-state index is 3.51. The fourth-order valence-electron chi connectivity index (χ4n) is 2.43. The van der Waals surface area contributed by atoms with Crippen LogP contribution in [0.25, 0.3) is 0 Å². The van der Waals surface area contributed by atoms with E-state index in [1.807, 2.05) is 6.07 Å². The lowest BCUT2D eigenvalue weighted by molar-refractivity contribution is 0.843. The van der Waals surface area contributed by atoms with Gasteiger partial charge in [-0.25, -0.2) is 0 Å². The van der Waals surface area contributed by atoms with Gasteiger partial charge in [-0.2, -0.15) is 0 Å². The molecule has 2 heteroatoms. The lowest BCUT2D eigenvalue weighted by Gasteiger charge is -2.23. The van der Waals surface area contributed by atoms with Crippen molar-refractivity contribution in [3.63, 3.8) is 0 Å². The molecular weight excluding hydrogens is 208 g/mol. The summed E-state index contributed by atoms with van der Waals surface area (Å²) in [7, 11) is 0. The highest BCUT2D eigenvalue weighted by Gasteiger charge is 2.25. The Labute approximate surface area is 102 Å². The predicted molar refractivity (Wildman–Crippen MR) is 72.8 cm³/mol. The van der Waals surface area contributed by atoms with Crippen molar-refractivity contribution in [1.29, 1.82) is 0 Å². The van der Waals surface area contributed by atoms with E-state index in [-0.39, 0.29) is 0 Å². The van der Waals surface area contributed by atoms with Gasteiger partial charge < -0.3 is 10.2 Å². The molecule has 0 spiro atoms. The van der Waals surface area contributed by atoms with Crippen LogP contribution in [-0.4, -0.2) is 6.17 Å². The number of para-hydroxylation sites is 1. The van der Waals surface area contributed by atoms with Gasteiger partial charge in [0.25, 0.3) is 0 Å². The summed E-state index contributed by atoms with van der Waals surface area (Å²) < 4.78 is 0. The van der Waals surface area contributed by atoms with Crippen LogP contribution in [0.1, 0.15) is 12.5 Å². The van der Waals surface area contributed by atoms with Gasteiger partial charge in [-0.1, -0.05) is 24.3 Å². The summed E-state index contributed by atoms with van der Waals surface area (Å²) in [5.74, 6) is 0. The molecule has 0 radical (unpaired) electrons. The molecule has 1 aliphatic rings. The zero-order chi connectivity index (χ0) is 11.8. The third kappa shape index (κ3) is 1.66. The van der Waals surface area contributed by atoms with Crippen molar-refractivity contribution in [2.24, 2.45) is 0 Å². The number of aryl methyl sites for hydroxylation is 1. The smallest absolute Gasteiger partial charge is 0.101 e. The molecule has 0 aliphatic carbocycles. The van der Waals surface area contributed by atoms with Crippen LogP contribution in [0.4, 0.5) is 17.1 Å². The van der Waals surface area contributed by atoms with E-state index in [0.29, 0.717) is 6.17 Å². The average molecular weight is 224 g/mol. The first kappa shape index (κ1) is 10.2. The highest BCUT2D eigenvalue weighted by molar-refractivity contribution is 5.82. The molecule has 2 aromatic carbocycles. The maximum atomic E-state index is 3.51. The van der Waals surface area contributed by atoms with E-state index in [4.69, 9.17) is 0 Å². The van der Waals surface area contributed by atoms with Gasteiger partial charge in [-0.05, 0) is 43.7 Å². The maximum Gasteiger partial charge on any atom is 0.101 e. The predicted octanol–water partition coefficient (Wildman–Crippen LogP) is 3.90. The van der Waals surface area contributed by atoms with Gasteiger partial charge in [-0.3, -0.25) is 0 Å². The molecule has 3 rings (SSSR count). The van der Waals surface area contributed by atoms with E-state index in [1.165, 1.54) is 22.6 Å². The van der Waals surface area contributed by atoms with Crippen molar-refractivity contribution >= 4 is 17.1 Å². The molecule has 0 amide bonds. The van der Waals surface area contributed by atoms with Gasteiger partial charge in [0.2, 0.25) is 0 Å². The van der Waals surface area contributed by atoms with Crippen LogP contribution in [0, 0.1) is 6.92 Å². The van der Waals surface area contributed by atoms with Crippen molar-refractivity contribution in [2.45, 2.75) is 20.0 Å². The minimum Gasteiger partial charge on any atom is -0.363 e. The van der Waals surface area contributed by atoms with Gasteiger partial charge in [0.05, 0.1) is 11.4 Å². The number of fused-ring (bicyclic) bond motifs is 1. The van der Waals surface area contributed by atoms with Gasteiger partial charge in [0.15, 0.2) is 0 Å². The molecule has 86 valence electrons. The second-order valence-corrected chi connectivity index (χ2v) is 4.55. The van der Waals surface area contributed by atoms with E-state index >= 15 is 0 Å². The van der Waals surface area contributed by atoms with Gasteiger partial charge in [0.1, 0.15) is 6.17 Å². The Morgan fingerprint density at radius 2 is 1.82 bits per heavy atom. The van der Waals surface area contributed by atoms with E-state index in [0.717, 1.165) is 0 Å². The SMILES string of the molecule is Cc1ccc2c(c1)NC(C)N2c1ccccc1. The van der Waals surface area contributed by atoms with Gasteiger partial charge >= 0.3 is 0 Å². The highest BCUT2D eigenvalue weighted by atomic mass is 15.3. The summed E-state index contributed by atoms with van der Waals surface area (Å²) in [6, 6.07) is 17.0. The van der Waals surface area contributed by atoms with Gasteiger partial charge in [0, 0.05) is 5.69 Å².